The van der Waals surface area contributed by atoms with E-state index in [0.717, 1.165) is 6.42 Å². The molecule has 1 aromatic carbocycles. The van der Waals surface area contributed by atoms with Crippen molar-refractivity contribution in [1.82, 2.24) is 10.8 Å². The summed E-state index contributed by atoms with van der Waals surface area (Å²) >= 11 is 0. The lowest BCUT2D eigenvalue weighted by Gasteiger charge is -2.23. The minimum Gasteiger partial charge on any atom is -0.340 e. The van der Waals surface area contributed by atoms with Crippen LogP contribution in [0.4, 0.5) is 0 Å². The smallest absolute Gasteiger partial charge is 0.266 e. The van der Waals surface area contributed by atoms with Gasteiger partial charge < -0.3 is 5.32 Å². The third-order valence-corrected chi connectivity index (χ3v) is 3.14. The van der Waals surface area contributed by atoms with Crippen LogP contribution in [0.5, 0.6) is 0 Å². The van der Waals surface area contributed by atoms with Gasteiger partial charge in [0.2, 0.25) is 0 Å². The lowest BCUT2D eigenvalue weighted by Crippen LogP contribution is -2.50. The van der Waals surface area contributed by atoms with Crippen molar-refractivity contribution in [3.05, 3.63) is 35.9 Å². The van der Waals surface area contributed by atoms with Crippen LogP contribution in [-0.2, 0) is 9.63 Å². The fraction of sp³-hybridized carbons (Fsp3) is 0.467. The van der Waals surface area contributed by atoms with Crippen LogP contribution in [-0.4, -0.2) is 24.5 Å². The molecule has 20 heavy (non-hydrogen) atoms. The molecule has 2 N–H and O–H groups in total. The molecule has 0 saturated heterocycles. The second-order valence-electron chi connectivity index (χ2n) is 4.60. The van der Waals surface area contributed by atoms with Gasteiger partial charge in [-0.15, -0.1) is 0 Å². The molecule has 0 bridgehead atoms. The van der Waals surface area contributed by atoms with Crippen LogP contribution < -0.4 is 10.8 Å². The van der Waals surface area contributed by atoms with Crippen LogP contribution >= 0.6 is 0 Å². The van der Waals surface area contributed by atoms with Crippen molar-refractivity contribution in [2.75, 3.05) is 6.61 Å². The standard InChI is InChI=1S/C15H22N2O3/c1-4-11(3)13(15(19)17-20-5-2)16-14(18)12-9-7-6-8-10-12/h6-11,13H,4-5H2,1-3H3,(H,16,18)(H,17,19). The van der Waals surface area contributed by atoms with Gasteiger partial charge in [-0.3, -0.25) is 14.4 Å². The maximum absolute atomic E-state index is 12.1. The number of hydroxylamine groups is 1. The Bertz CT molecular complexity index is 434. The Balaban J connectivity index is 2.74. The van der Waals surface area contributed by atoms with E-state index in [9.17, 15) is 9.59 Å². The van der Waals surface area contributed by atoms with E-state index in [4.69, 9.17) is 4.84 Å². The van der Waals surface area contributed by atoms with Crippen LogP contribution in [0.15, 0.2) is 30.3 Å². The van der Waals surface area contributed by atoms with Crippen molar-refractivity contribution in [2.24, 2.45) is 5.92 Å². The molecule has 0 aliphatic rings. The quantitative estimate of drug-likeness (QED) is 0.749. The molecule has 5 nitrogen and oxygen atoms in total. The highest BCUT2D eigenvalue weighted by molar-refractivity contribution is 5.97. The van der Waals surface area contributed by atoms with Gasteiger partial charge in [-0.2, -0.15) is 0 Å². The first-order valence-corrected chi connectivity index (χ1v) is 6.87. The fourth-order valence-corrected chi connectivity index (χ4v) is 1.72. The van der Waals surface area contributed by atoms with Gasteiger partial charge in [-0.05, 0) is 25.0 Å². The summed E-state index contributed by atoms with van der Waals surface area (Å²) in [5.74, 6) is -0.573. The highest BCUT2D eigenvalue weighted by Crippen LogP contribution is 2.09. The Hall–Kier alpha value is -1.88. The van der Waals surface area contributed by atoms with E-state index in [0.29, 0.717) is 12.2 Å². The van der Waals surface area contributed by atoms with Crippen molar-refractivity contribution >= 4 is 11.8 Å². The first-order valence-electron chi connectivity index (χ1n) is 6.87. The summed E-state index contributed by atoms with van der Waals surface area (Å²) in [6, 6.07) is 8.22. The second kappa shape index (κ2) is 8.32. The minimum atomic E-state index is -0.612. The minimum absolute atomic E-state index is 0.0168. The van der Waals surface area contributed by atoms with Crippen LogP contribution in [0, 0.1) is 5.92 Å². The Morgan fingerprint density at radius 3 is 2.40 bits per heavy atom. The Morgan fingerprint density at radius 2 is 1.85 bits per heavy atom. The Labute approximate surface area is 119 Å². The molecule has 0 spiro atoms. The number of carbonyl (C=O) groups excluding carboxylic acids is 2. The molecule has 2 atom stereocenters. The van der Waals surface area contributed by atoms with Crippen molar-refractivity contribution in [1.29, 1.82) is 0 Å². The third kappa shape index (κ3) is 4.66. The Kier molecular flexibility index (Phi) is 6.73. The lowest BCUT2D eigenvalue weighted by molar-refractivity contribution is -0.136. The van der Waals surface area contributed by atoms with Crippen LogP contribution in [0.2, 0.25) is 0 Å². The normalized spacial score (nSPS) is 13.3. The molecule has 1 aromatic rings. The van der Waals surface area contributed by atoms with Gasteiger partial charge in [0.15, 0.2) is 0 Å². The van der Waals surface area contributed by atoms with Crippen molar-refractivity contribution in [3.63, 3.8) is 0 Å². The van der Waals surface area contributed by atoms with E-state index in [-0.39, 0.29) is 17.7 Å². The zero-order chi connectivity index (χ0) is 15.0. The van der Waals surface area contributed by atoms with Crippen molar-refractivity contribution in [3.8, 4) is 0 Å². The van der Waals surface area contributed by atoms with Crippen molar-refractivity contribution < 1.29 is 14.4 Å². The average molecular weight is 278 g/mol. The predicted molar refractivity (Wildman–Crippen MR) is 76.9 cm³/mol. The number of hydrogen-bond acceptors (Lipinski definition) is 3. The highest BCUT2D eigenvalue weighted by Gasteiger charge is 2.26. The van der Waals surface area contributed by atoms with Crippen molar-refractivity contribution in [2.45, 2.75) is 33.2 Å². The van der Waals surface area contributed by atoms with Gasteiger partial charge in [0.25, 0.3) is 11.8 Å². The summed E-state index contributed by atoms with van der Waals surface area (Å²) in [6.45, 7) is 6.05. The van der Waals surface area contributed by atoms with E-state index in [1.807, 2.05) is 19.9 Å². The van der Waals surface area contributed by atoms with Gasteiger partial charge in [-0.1, -0.05) is 38.5 Å². The molecular weight excluding hydrogens is 256 g/mol. The summed E-state index contributed by atoms with van der Waals surface area (Å²) in [4.78, 5) is 29.0. The first-order chi connectivity index (χ1) is 9.60. The molecule has 0 saturated carbocycles. The van der Waals surface area contributed by atoms with Gasteiger partial charge in [0, 0.05) is 5.56 Å². The van der Waals surface area contributed by atoms with Crippen LogP contribution in [0.25, 0.3) is 0 Å². The molecule has 1 rings (SSSR count). The zero-order valence-electron chi connectivity index (χ0n) is 12.2. The largest absolute Gasteiger partial charge is 0.340 e. The molecule has 0 aliphatic carbocycles. The monoisotopic (exact) mass is 278 g/mol. The fourth-order valence-electron chi connectivity index (χ4n) is 1.72. The average Bonchev–Trinajstić information content (AvgIpc) is 2.50. The number of carbonyl (C=O) groups is 2. The molecule has 0 heterocycles. The number of rotatable bonds is 7. The number of hydrogen-bond donors (Lipinski definition) is 2. The highest BCUT2D eigenvalue weighted by atomic mass is 16.6. The summed E-state index contributed by atoms with van der Waals surface area (Å²) in [6.07, 6.45) is 0.777. The molecular formula is C15H22N2O3. The van der Waals surface area contributed by atoms with E-state index in [1.165, 1.54) is 0 Å². The van der Waals surface area contributed by atoms with Gasteiger partial charge in [-0.25, -0.2) is 5.48 Å². The first kappa shape index (κ1) is 16.2. The van der Waals surface area contributed by atoms with E-state index in [2.05, 4.69) is 10.8 Å². The molecule has 0 aromatic heterocycles. The summed E-state index contributed by atoms with van der Waals surface area (Å²) in [5.41, 5.74) is 2.88. The summed E-state index contributed by atoms with van der Waals surface area (Å²) in [5, 5.41) is 2.76. The van der Waals surface area contributed by atoms with Gasteiger partial charge >= 0.3 is 0 Å². The SMILES string of the molecule is CCONC(=O)C(NC(=O)c1ccccc1)C(C)CC. The molecule has 0 aliphatic heterocycles. The van der Waals surface area contributed by atoms with Crippen LogP contribution in [0.1, 0.15) is 37.6 Å². The molecule has 0 radical (unpaired) electrons. The number of benzene rings is 1. The topological polar surface area (TPSA) is 67.4 Å². The molecule has 110 valence electrons. The third-order valence-electron chi connectivity index (χ3n) is 3.14. The lowest BCUT2D eigenvalue weighted by atomic mass is 9.98. The maximum Gasteiger partial charge on any atom is 0.266 e. The van der Waals surface area contributed by atoms with Crippen LogP contribution in [0.3, 0.4) is 0 Å². The van der Waals surface area contributed by atoms with E-state index >= 15 is 0 Å². The molecule has 2 amide bonds. The number of nitrogens with one attached hydrogen (secondary N) is 2. The summed E-state index contributed by atoms with van der Waals surface area (Å²) in [7, 11) is 0. The molecule has 0 fully saturated rings. The molecule has 5 heteroatoms. The molecule has 2 unspecified atom stereocenters. The van der Waals surface area contributed by atoms with E-state index in [1.54, 1.807) is 31.2 Å². The maximum atomic E-state index is 12.1. The van der Waals surface area contributed by atoms with E-state index < -0.39 is 6.04 Å². The second-order valence-corrected chi connectivity index (χ2v) is 4.60. The summed E-state index contributed by atoms with van der Waals surface area (Å²) < 4.78 is 0. The Morgan fingerprint density at radius 1 is 1.20 bits per heavy atom. The van der Waals surface area contributed by atoms with Gasteiger partial charge in [0.1, 0.15) is 6.04 Å². The number of amides is 2. The van der Waals surface area contributed by atoms with Gasteiger partial charge in [0.05, 0.1) is 6.61 Å². The predicted octanol–water partition coefficient (Wildman–Crippen LogP) is 1.90. The zero-order valence-corrected chi connectivity index (χ0v) is 12.2.